The molecule has 0 saturated heterocycles. The second-order valence-corrected chi connectivity index (χ2v) is 4.04. The van der Waals surface area contributed by atoms with Crippen molar-refractivity contribution >= 4 is 21.9 Å². The predicted molar refractivity (Wildman–Crippen MR) is 75.8 cm³/mol. The number of hydrogen-bond donors (Lipinski definition) is 0. The first-order chi connectivity index (χ1) is 9.43. The average molecular weight is 248 g/mol. The van der Waals surface area contributed by atoms with Crippen molar-refractivity contribution in [3.8, 4) is 0 Å². The number of rotatable bonds is 0. The fourth-order valence-corrected chi connectivity index (χ4v) is 1.83. The smallest absolute Gasteiger partial charge is 0.133 e. The van der Waals surface area contributed by atoms with Crippen LogP contribution in [0.4, 0.5) is 0 Å². The summed E-state index contributed by atoms with van der Waals surface area (Å²) in [4.78, 5) is 7.97. The highest BCUT2D eigenvalue weighted by molar-refractivity contribution is 5.77. The Kier molecular flexibility index (Phi) is 3.19. The Labute approximate surface area is 110 Å². The van der Waals surface area contributed by atoms with Crippen molar-refractivity contribution in [1.82, 2.24) is 9.97 Å². The molecular formula is C16H12N2O. The Hall–Kier alpha value is -2.68. The number of furan rings is 1. The van der Waals surface area contributed by atoms with Crippen molar-refractivity contribution < 1.29 is 4.42 Å². The van der Waals surface area contributed by atoms with Gasteiger partial charge in [-0.1, -0.05) is 36.4 Å². The molecule has 19 heavy (non-hydrogen) atoms. The van der Waals surface area contributed by atoms with Crippen LogP contribution in [-0.2, 0) is 0 Å². The number of hydrogen-bond acceptors (Lipinski definition) is 3. The highest BCUT2D eigenvalue weighted by atomic mass is 16.3. The molecule has 0 amide bonds. The first-order valence-corrected chi connectivity index (χ1v) is 6.00. The first kappa shape index (κ1) is 11.4. The molecule has 0 spiro atoms. The summed E-state index contributed by atoms with van der Waals surface area (Å²) in [5.74, 6) is 0. The van der Waals surface area contributed by atoms with Gasteiger partial charge in [0.05, 0.1) is 11.8 Å². The van der Waals surface area contributed by atoms with E-state index in [1.165, 1.54) is 0 Å². The van der Waals surface area contributed by atoms with E-state index in [4.69, 9.17) is 4.42 Å². The van der Waals surface area contributed by atoms with Crippen LogP contribution in [0.15, 0.2) is 77.8 Å². The lowest BCUT2D eigenvalue weighted by molar-refractivity contribution is 0.616. The fourth-order valence-electron chi connectivity index (χ4n) is 1.83. The zero-order chi connectivity index (χ0) is 12.9. The maximum Gasteiger partial charge on any atom is 0.133 e. The van der Waals surface area contributed by atoms with Crippen LogP contribution in [0.2, 0.25) is 0 Å². The van der Waals surface area contributed by atoms with Crippen LogP contribution in [0.3, 0.4) is 0 Å². The van der Waals surface area contributed by atoms with E-state index in [1.807, 2.05) is 60.8 Å². The zero-order valence-electron chi connectivity index (χ0n) is 10.2. The Bertz CT molecular complexity index is 697. The molecule has 0 atom stereocenters. The summed E-state index contributed by atoms with van der Waals surface area (Å²) >= 11 is 0. The van der Waals surface area contributed by atoms with Gasteiger partial charge in [0.1, 0.15) is 11.9 Å². The molecule has 2 heterocycles. The van der Waals surface area contributed by atoms with Gasteiger partial charge in [-0.2, -0.15) is 0 Å². The number of para-hydroxylation sites is 2. The molecule has 0 unspecified atom stereocenters. The molecule has 0 aliphatic carbocycles. The van der Waals surface area contributed by atoms with Gasteiger partial charge in [0.2, 0.25) is 0 Å². The zero-order valence-corrected chi connectivity index (χ0v) is 10.2. The molecule has 2 aromatic carbocycles. The van der Waals surface area contributed by atoms with E-state index < -0.39 is 0 Å². The van der Waals surface area contributed by atoms with E-state index in [1.54, 1.807) is 12.6 Å². The highest BCUT2D eigenvalue weighted by Crippen LogP contribution is 2.12. The van der Waals surface area contributed by atoms with Gasteiger partial charge in [0.15, 0.2) is 0 Å². The molecule has 0 bridgehead atoms. The molecule has 0 N–H and O–H groups in total. The van der Waals surface area contributed by atoms with E-state index in [2.05, 4.69) is 9.97 Å². The standard InChI is InChI=1S/C8H6N2.C8H6O/c1-2-4-8-7(3-1)5-9-6-10-8;1-2-4-8-7(3-1)5-6-9-8/h1-6H;1-6H. The van der Waals surface area contributed by atoms with Crippen LogP contribution in [0, 0.1) is 0 Å². The molecule has 0 saturated carbocycles. The predicted octanol–water partition coefficient (Wildman–Crippen LogP) is 4.06. The minimum atomic E-state index is 0.956. The van der Waals surface area contributed by atoms with Crippen molar-refractivity contribution in [3.05, 3.63) is 73.4 Å². The Morgan fingerprint density at radius 3 is 2.42 bits per heavy atom. The largest absolute Gasteiger partial charge is 0.464 e. The summed E-state index contributed by atoms with van der Waals surface area (Å²) in [6.07, 6.45) is 5.06. The molecule has 2 aromatic heterocycles. The highest BCUT2D eigenvalue weighted by Gasteiger charge is 1.89. The Balaban J connectivity index is 0.000000117. The summed E-state index contributed by atoms with van der Waals surface area (Å²) in [6.45, 7) is 0. The summed E-state index contributed by atoms with van der Waals surface area (Å²) in [7, 11) is 0. The van der Waals surface area contributed by atoms with Crippen molar-refractivity contribution in [2.75, 3.05) is 0 Å². The third kappa shape index (κ3) is 2.60. The molecular weight excluding hydrogens is 236 g/mol. The molecule has 0 fully saturated rings. The number of fused-ring (bicyclic) bond motifs is 2. The lowest BCUT2D eigenvalue weighted by atomic mass is 10.2. The summed E-state index contributed by atoms with van der Waals surface area (Å²) < 4.78 is 5.12. The quantitative estimate of drug-likeness (QED) is 0.471. The third-order valence-corrected chi connectivity index (χ3v) is 2.78. The second-order valence-electron chi connectivity index (χ2n) is 4.04. The normalized spacial score (nSPS) is 10.1. The van der Waals surface area contributed by atoms with Gasteiger partial charge in [-0.05, 0) is 18.2 Å². The lowest BCUT2D eigenvalue weighted by Gasteiger charge is -1.90. The van der Waals surface area contributed by atoms with Gasteiger partial charge in [-0.3, -0.25) is 0 Å². The Morgan fingerprint density at radius 1 is 0.789 bits per heavy atom. The maximum absolute atomic E-state index is 5.12. The van der Waals surface area contributed by atoms with E-state index in [0.29, 0.717) is 0 Å². The molecule has 4 rings (SSSR count). The molecule has 3 heteroatoms. The van der Waals surface area contributed by atoms with Crippen molar-refractivity contribution in [2.45, 2.75) is 0 Å². The fraction of sp³-hybridized carbons (Fsp3) is 0. The van der Waals surface area contributed by atoms with Crippen molar-refractivity contribution in [1.29, 1.82) is 0 Å². The summed E-state index contributed by atoms with van der Waals surface area (Å²) in [6, 6.07) is 17.8. The third-order valence-electron chi connectivity index (χ3n) is 2.78. The summed E-state index contributed by atoms with van der Waals surface area (Å²) in [5, 5.41) is 2.25. The van der Waals surface area contributed by atoms with Gasteiger partial charge < -0.3 is 4.42 Å². The van der Waals surface area contributed by atoms with Gasteiger partial charge in [-0.15, -0.1) is 0 Å². The molecule has 92 valence electrons. The SMILES string of the molecule is c1ccc2ncncc2c1.c1ccc2occc2c1. The Morgan fingerprint density at radius 2 is 1.58 bits per heavy atom. The topological polar surface area (TPSA) is 38.9 Å². The lowest BCUT2D eigenvalue weighted by Crippen LogP contribution is -1.77. The first-order valence-electron chi connectivity index (χ1n) is 6.00. The van der Waals surface area contributed by atoms with Crippen molar-refractivity contribution in [2.24, 2.45) is 0 Å². The van der Waals surface area contributed by atoms with Crippen molar-refractivity contribution in [3.63, 3.8) is 0 Å². The number of benzene rings is 2. The second kappa shape index (κ2) is 5.31. The molecule has 0 aliphatic heterocycles. The molecule has 0 aliphatic rings. The summed E-state index contributed by atoms with van der Waals surface area (Å²) in [5.41, 5.74) is 1.95. The van der Waals surface area contributed by atoms with Crippen LogP contribution < -0.4 is 0 Å². The molecule has 0 radical (unpaired) electrons. The number of aromatic nitrogens is 2. The monoisotopic (exact) mass is 248 g/mol. The van der Waals surface area contributed by atoms with E-state index in [0.717, 1.165) is 21.9 Å². The van der Waals surface area contributed by atoms with Crippen LogP contribution in [0.1, 0.15) is 0 Å². The van der Waals surface area contributed by atoms with Crippen LogP contribution >= 0.6 is 0 Å². The minimum Gasteiger partial charge on any atom is -0.464 e. The van der Waals surface area contributed by atoms with Gasteiger partial charge in [-0.25, -0.2) is 9.97 Å². The number of nitrogens with zero attached hydrogens (tertiary/aromatic N) is 2. The van der Waals surface area contributed by atoms with Crippen LogP contribution in [0.5, 0.6) is 0 Å². The van der Waals surface area contributed by atoms with Crippen LogP contribution in [0.25, 0.3) is 21.9 Å². The van der Waals surface area contributed by atoms with Gasteiger partial charge in [0, 0.05) is 17.0 Å². The van der Waals surface area contributed by atoms with Gasteiger partial charge in [0.25, 0.3) is 0 Å². The average Bonchev–Trinajstić information content (AvgIpc) is 2.96. The minimum absolute atomic E-state index is 0.956. The van der Waals surface area contributed by atoms with E-state index in [9.17, 15) is 0 Å². The maximum atomic E-state index is 5.12. The van der Waals surface area contributed by atoms with Crippen LogP contribution in [-0.4, -0.2) is 9.97 Å². The van der Waals surface area contributed by atoms with Gasteiger partial charge >= 0.3 is 0 Å². The molecule has 3 nitrogen and oxygen atoms in total. The van der Waals surface area contributed by atoms with E-state index >= 15 is 0 Å². The van der Waals surface area contributed by atoms with E-state index in [-0.39, 0.29) is 0 Å². The molecule has 4 aromatic rings.